The Labute approximate surface area is 341 Å². The lowest BCUT2D eigenvalue weighted by molar-refractivity contribution is 1.26. The zero-order chi connectivity index (χ0) is 39.8. The molecule has 0 amide bonds. The highest BCUT2D eigenvalue weighted by Crippen LogP contribution is 2.44. The van der Waals surface area contributed by atoms with Crippen molar-refractivity contribution >= 4 is 43.1 Å². The summed E-state index contributed by atoms with van der Waals surface area (Å²) in [5.74, 6) is 8.00. The predicted octanol–water partition coefficient (Wildman–Crippen LogP) is 15.0. The average molecular weight is 747 g/mol. The molecule has 2 heteroatoms. The van der Waals surface area contributed by atoms with E-state index in [2.05, 4.69) is 218 Å². The first kappa shape index (κ1) is 37.8. The summed E-state index contributed by atoms with van der Waals surface area (Å²) in [4.78, 5) is 0. The van der Waals surface area contributed by atoms with Crippen LogP contribution in [0.15, 0.2) is 218 Å². The van der Waals surface area contributed by atoms with Crippen molar-refractivity contribution in [3.8, 4) is 55.6 Å². The van der Waals surface area contributed by atoms with Crippen molar-refractivity contribution in [3.63, 3.8) is 0 Å². The van der Waals surface area contributed by atoms with Crippen LogP contribution in [0, 0.1) is 0 Å². The smallest absolute Gasteiger partial charge is 0.00262 e. The molecule has 0 saturated heterocycles. The van der Waals surface area contributed by atoms with Gasteiger partial charge in [0.2, 0.25) is 0 Å². The van der Waals surface area contributed by atoms with Crippen LogP contribution in [-0.2, 0) is 0 Å². The molecule has 4 N–H and O–H groups in total. The Hall–Kier alpha value is -7.10. The van der Waals surface area contributed by atoms with E-state index in [9.17, 15) is 0 Å². The minimum atomic E-state index is 1.21. The second kappa shape index (κ2) is 17.4. The van der Waals surface area contributed by atoms with E-state index in [1.54, 1.807) is 0 Å². The zero-order valence-corrected chi connectivity index (χ0v) is 32.9. The molecule has 0 unspecified atom stereocenters. The van der Waals surface area contributed by atoms with Gasteiger partial charge in [-0.15, -0.1) is 0 Å². The number of nitrogens with two attached hydrogens (primary N) is 2. The molecule has 0 aliphatic rings. The first-order valence-corrected chi connectivity index (χ1v) is 19.8. The van der Waals surface area contributed by atoms with E-state index in [1.165, 1.54) is 98.7 Å². The van der Waals surface area contributed by atoms with Gasteiger partial charge >= 0.3 is 0 Å². The molecule has 10 aromatic carbocycles. The van der Waals surface area contributed by atoms with Gasteiger partial charge in [-0.25, -0.2) is 0 Å². The molecule has 280 valence electrons. The van der Waals surface area contributed by atoms with Gasteiger partial charge in [-0.2, -0.15) is 0 Å². The van der Waals surface area contributed by atoms with Crippen molar-refractivity contribution in [1.29, 1.82) is 0 Å². The number of rotatable bonds is 5. The van der Waals surface area contributed by atoms with E-state index in [-0.39, 0.29) is 0 Å². The molecule has 2 nitrogen and oxygen atoms in total. The minimum absolute atomic E-state index is 1.21. The predicted molar refractivity (Wildman–Crippen MR) is 253 cm³/mol. The molecule has 0 aromatic heterocycles. The lowest BCUT2D eigenvalue weighted by atomic mass is 9.85. The highest BCUT2D eigenvalue weighted by molar-refractivity contribution is 6.21. The Balaban J connectivity index is 0.000000740. The van der Waals surface area contributed by atoms with E-state index >= 15 is 0 Å². The van der Waals surface area contributed by atoms with Crippen LogP contribution >= 0.6 is 0 Å². The highest BCUT2D eigenvalue weighted by atomic mass is 15.0. The lowest BCUT2D eigenvalue weighted by Gasteiger charge is -2.18. The highest BCUT2D eigenvalue weighted by Gasteiger charge is 2.17. The Kier molecular flexibility index (Phi) is 11.3. The summed E-state index contributed by atoms with van der Waals surface area (Å²) in [5.41, 5.74) is 12.4. The van der Waals surface area contributed by atoms with Crippen LogP contribution in [0.5, 0.6) is 0 Å². The molecule has 0 fully saturated rings. The summed E-state index contributed by atoms with van der Waals surface area (Å²) in [5, 5.41) is 10.1. The van der Waals surface area contributed by atoms with Crippen molar-refractivity contribution in [2.45, 2.75) is 13.8 Å². The molecule has 58 heavy (non-hydrogen) atoms. The Morgan fingerprint density at radius 2 is 0.569 bits per heavy atom. The van der Waals surface area contributed by atoms with E-state index in [0.717, 1.165) is 0 Å². The van der Waals surface area contributed by atoms with Crippen LogP contribution in [0.3, 0.4) is 0 Å². The molecule has 0 spiro atoms. The molecule has 0 aliphatic heterocycles. The average Bonchev–Trinajstić information content (AvgIpc) is 3.31. The van der Waals surface area contributed by atoms with Gasteiger partial charge < -0.3 is 0 Å². The number of allylic oxidation sites excluding steroid dienone is 2. The van der Waals surface area contributed by atoms with Crippen LogP contribution in [0.4, 0.5) is 0 Å². The van der Waals surface area contributed by atoms with E-state index in [4.69, 9.17) is 0 Å². The van der Waals surface area contributed by atoms with Gasteiger partial charge in [0.1, 0.15) is 0 Å². The normalized spacial score (nSPS) is 11.0. The second-order valence-electron chi connectivity index (χ2n) is 14.4. The monoisotopic (exact) mass is 746 g/mol. The molecule has 0 saturated carbocycles. The van der Waals surface area contributed by atoms with Crippen molar-refractivity contribution in [3.05, 3.63) is 218 Å². The molecule has 0 heterocycles. The largest absolute Gasteiger partial charge is 0.274 e. The standard InChI is InChI=1S/C52H34.C4H8.H4N2/c1-2-11-35(12-3-1)37-21-23-38(24-22-37)41-26-27-44-32-42(28-29-43(44)31-41)40-15-10-16-45(34-40)51-47-17-6-8-19-49(47)52(50-20-9-7-18-48(50)51)46-30-25-36-13-4-5-14-39(36)33-46;1-3-4-2;1-2/h1-34H;3-4H,1-2H3;1-2H2/b;4-3-;. The fourth-order valence-corrected chi connectivity index (χ4v) is 8.04. The molecule has 10 rings (SSSR count). The quantitative estimate of drug-likeness (QED) is 0.0797. The van der Waals surface area contributed by atoms with Crippen LogP contribution in [0.2, 0.25) is 0 Å². The Morgan fingerprint density at radius 3 is 1.12 bits per heavy atom. The van der Waals surface area contributed by atoms with Gasteiger partial charge in [0.15, 0.2) is 0 Å². The fourth-order valence-electron chi connectivity index (χ4n) is 8.04. The number of hydrazine groups is 1. The van der Waals surface area contributed by atoms with Gasteiger partial charge in [-0.3, -0.25) is 11.7 Å². The third-order valence-electron chi connectivity index (χ3n) is 11.0. The third kappa shape index (κ3) is 7.55. The lowest BCUT2D eigenvalue weighted by Crippen LogP contribution is -2.02. The summed E-state index contributed by atoms with van der Waals surface area (Å²) < 4.78 is 0. The maximum Gasteiger partial charge on any atom is -0.00262 e. The summed E-state index contributed by atoms with van der Waals surface area (Å²) >= 11 is 0. The molecule has 10 aromatic rings. The Morgan fingerprint density at radius 1 is 0.259 bits per heavy atom. The van der Waals surface area contributed by atoms with Crippen molar-refractivity contribution < 1.29 is 0 Å². The first-order valence-electron chi connectivity index (χ1n) is 19.8. The number of benzene rings is 10. The first-order chi connectivity index (χ1) is 28.7. The Bertz CT molecular complexity index is 2970. The van der Waals surface area contributed by atoms with Crippen LogP contribution in [0.1, 0.15) is 13.8 Å². The van der Waals surface area contributed by atoms with Gasteiger partial charge in [0, 0.05) is 0 Å². The topological polar surface area (TPSA) is 52.0 Å². The van der Waals surface area contributed by atoms with Crippen molar-refractivity contribution in [2.75, 3.05) is 0 Å². The third-order valence-corrected chi connectivity index (χ3v) is 11.0. The second-order valence-corrected chi connectivity index (χ2v) is 14.4. The minimum Gasteiger partial charge on any atom is -0.274 e. The summed E-state index contributed by atoms with van der Waals surface area (Å²) in [6.07, 6.45) is 4.00. The van der Waals surface area contributed by atoms with Gasteiger partial charge in [0.05, 0.1) is 0 Å². The summed E-state index contributed by atoms with van der Waals surface area (Å²) in [7, 11) is 0. The van der Waals surface area contributed by atoms with Crippen LogP contribution in [0.25, 0.3) is 98.7 Å². The summed E-state index contributed by atoms with van der Waals surface area (Å²) in [6.45, 7) is 4.00. The van der Waals surface area contributed by atoms with Gasteiger partial charge in [-0.05, 0) is 137 Å². The van der Waals surface area contributed by atoms with E-state index < -0.39 is 0 Å². The molecule has 0 atom stereocenters. The molecule has 0 radical (unpaired) electrons. The van der Waals surface area contributed by atoms with Crippen LogP contribution in [-0.4, -0.2) is 0 Å². The summed E-state index contributed by atoms with van der Waals surface area (Å²) in [6, 6.07) is 75.5. The number of fused-ring (bicyclic) bond motifs is 4. The number of hydrogen-bond donors (Lipinski definition) is 2. The van der Waals surface area contributed by atoms with Crippen LogP contribution < -0.4 is 11.7 Å². The van der Waals surface area contributed by atoms with Gasteiger partial charge in [0.25, 0.3) is 0 Å². The number of hydrogen-bond acceptors (Lipinski definition) is 2. The molecular weight excluding hydrogens is 701 g/mol. The molecular formula is C56H46N2. The SMILES string of the molecule is C/C=C\C.NN.c1ccc(-c2ccc(-c3ccc4cc(-c5cccc(-c6c7ccccc7c(-c7ccc8ccccc8c7)c7ccccc67)c5)ccc4c3)cc2)cc1. The van der Waals surface area contributed by atoms with Gasteiger partial charge in [-0.1, -0.05) is 194 Å². The maximum absolute atomic E-state index is 4.00. The van der Waals surface area contributed by atoms with Crippen molar-refractivity contribution in [2.24, 2.45) is 11.7 Å². The van der Waals surface area contributed by atoms with Crippen molar-refractivity contribution in [1.82, 2.24) is 0 Å². The molecule has 0 bridgehead atoms. The molecule has 0 aliphatic carbocycles. The van der Waals surface area contributed by atoms with E-state index in [0.29, 0.717) is 0 Å². The zero-order valence-electron chi connectivity index (χ0n) is 32.9. The fraction of sp³-hybridized carbons (Fsp3) is 0.0357. The maximum atomic E-state index is 4.00. The van der Waals surface area contributed by atoms with E-state index in [1.807, 2.05) is 26.0 Å².